The van der Waals surface area contributed by atoms with E-state index in [9.17, 15) is 4.79 Å². The zero-order valence-electron chi connectivity index (χ0n) is 8.45. The molecule has 0 saturated carbocycles. The maximum Gasteiger partial charge on any atom is 0.155 e. The van der Waals surface area contributed by atoms with Gasteiger partial charge in [0.2, 0.25) is 0 Å². The monoisotopic (exact) mass is 298 g/mol. The fraction of sp³-hybridized carbons (Fsp3) is 0.0909. The van der Waals surface area contributed by atoms with Crippen LogP contribution in [0.15, 0.2) is 28.7 Å². The van der Waals surface area contributed by atoms with Crippen LogP contribution in [-0.2, 0) is 7.05 Å². The fourth-order valence-electron chi connectivity index (χ4n) is 1.47. The van der Waals surface area contributed by atoms with Gasteiger partial charge in [0.05, 0.1) is 5.56 Å². The molecule has 0 aliphatic heterocycles. The van der Waals surface area contributed by atoms with Crippen molar-refractivity contribution < 1.29 is 4.79 Å². The lowest BCUT2D eigenvalue weighted by atomic mass is 10.1. The van der Waals surface area contributed by atoms with Gasteiger partial charge < -0.3 is 0 Å². The van der Waals surface area contributed by atoms with Gasteiger partial charge >= 0.3 is 0 Å². The average Bonchev–Trinajstić information content (AvgIpc) is 2.55. The molecule has 3 nitrogen and oxygen atoms in total. The van der Waals surface area contributed by atoms with Gasteiger partial charge in [-0.1, -0.05) is 39.7 Å². The van der Waals surface area contributed by atoms with E-state index in [4.69, 9.17) is 11.6 Å². The van der Waals surface area contributed by atoms with Gasteiger partial charge in [0, 0.05) is 17.1 Å². The summed E-state index contributed by atoms with van der Waals surface area (Å²) < 4.78 is 2.42. The third kappa shape index (κ3) is 1.90. The number of aryl methyl sites for hydroxylation is 1. The first-order chi connectivity index (χ1) is 7.63. The highest BCUT2D eigenvalue weighted by Crippen LogP contribution is 2.28. The summed E-state index contributed by atoms with van der Waals surface area (Å²) in [6.45, 7) is 0. The van der Waals surface area contributed by atoms with Crippen molar-refractivity contribution in [2.24, 2.45) is 7.05 Å². The van der Waals surface area contributed by atoms with Crippen molar-refractivity contribution in [1.29, 1.82) is 0 Å². The van der Waals surface area contributed by atoms with Gasteiger partial charge in [-0.3, -0.25) is 9.48 Å². The quantitative estimate of drug-likeness (QED) is 0.797. The predicted octanol–water partition coefficient (Wildman–Crippen LogP) is 3.32. The molecule has 16 heavy (non-hydrogen) atoms. The van der Waals surface area contributed by atoms with Gasteiger partial charge in [0.25, 0.3) is 0 Å². The minimum Gasteiger partial charge on any atom is -0.298 e. The van der Waals surface area contributed by atoms with Crippen LogP contribution in [0.1, 0.15) is 10.4 Å². The van der Waals surface area contributed by atoms with E-state index in [1.807, 2.05) is 24.3 Å². The molecule has 0 spiro atoms. The molecule has 2 rings (SSSR count). The van der Waals surface area contributed by atoms with Crippen LogP contribution < -0.4 is 0 Å². The largest absolute Gasteiger partial charge is 0.298 e. The van der Waals surface area contributed by atoms with Crippen LogP contribution in [0.3, 0.4) is 0 Å². The summed E-state index contributed by atoms with van der Waals surface area (Å²) in [6, 6.07) is 7.58. The van der Waals surface area contributed by atoms with E-state index < -0.39 is 0 Å². The second kappa shape index (κ2) is 4.39. The van der Waals surface area contributed by atoms with Gasteiger partial charge in [-0.05, 0) is 12.1 Å². The molecular weight excluding hydrogens is 291 g/mol. The van der Waals surface area contributed by atoms with Crippen LogP contribution >= 0.6 is 27.5 Å². The fourth-order valence-corrected chi connectivity index (χ4v) is 2.04. The summed E-state index contributed by atoms with van der Waals surface area (Å²) in [5.74, 6) is 0. The Morgan fingerprint density at radius 1 is 1.50 bits per heavy atom. The lowest BCUT2D eigenvalue weighted by molar-refractivity contribution is 0.112. The molecule has 0 fully saturated rings. The van der Waals surface area contributed by atoms with E-state index in [2.05, 4.69) is 21.0 Å². The molecule has 0 atom stereocenters. The number of aldehydes is 1. The Morgan fingerprint density at radius 3 is 2.88 bits per heavy atom. The first-order valence-electron chi connectivity index (χ1n) is 4.57. The molecule has 0 saturated heterocycles. The van der Waals surface area contributed by atoms with Crippen LogP contribution in [0, 0.1) is 0 Å². The zero-order valence-corrected chi connectivity index (χ0v) is 10.8. The van der Waals surface area contributed by atoms with Crippen molar-refractivity contribution in [3.05, 3.63) is 39.5 Å². The highest BCUT2D eigenvalue weighted by atomic mass is 79.9. The lowest BCUT2D eigenvalue weighted by Crippen LogP contribution is -1.89. The van der Waals surface area contributed by atoms with Gasteiger partial charge in [-0.2, -0.15) is 5.10 Å². The molecule has 82 valence electrons. The van der Waals surface area contributed by atoms with Crippen LogP contribution in [0.4, 0.5) is 0 Å². The van der Waals surface area contributed by atoms with Crippen molar-refractivity contribution in [3.63, 3.8) is 0 Å². The number of hydrogen-bond acceptors (Lipinski definition) is 2. The molecule has 0 amide bonds. The molecule has 5 heteroatoms. The van der Waals surface area contributed by atoms with Gasteiger partial charge in [0.15, 0.2) is 6.29 Å². The Labute approximate surface area is 106 Å². The van der Waals surface area contributed by atoms with Gasteiger partial charge in [0.1, 0.15) is 10.8 Å². The number of aromatic nitrogens is 2. The number of rotatable bonds is 2. The first kappa shape index (κ1) is 11.4. The zero-order chi connectivity index (χ0) is 11.7. The lowest BCUT2D eigenvalue weighted by Gasteiger charge is -1.98. The van der Waals surface area contributed by atoms with Crippen LogP contribution in [0.2, 0.25) is 5.15 Å². The highest BCUT2D eigenvalue weighted by Gasteiger charge is 2.15. The minimum absolute atomic E-state index is 0.352. The van der Waals surface area contributed by atoms with Gasteiger partial charge in [-0.15, -0.1) is 0 Å². The first-order valence-corrected chi connectivity index (χ1v) is 5.74. The maximum absolute atomic E-state index is 11.0. The molecule has 0 radical (unpaired) electrons. The normalized spacial score (nSPS) is 10.4. The van der Waals surface area contributed by atoms with E-state index in [1.165, 1.54) is 4.68 Å². The number of benzene rings is 1. The number of carbonyl (C=O) groups excluding carboxylic acids is 1. The molecule has 1 aromatic carbocycles. The molecule has 1 aromatic heterocycles. The summed E-state index contributed by atoms with van der Waals surface area (Å²) in [4.78, 5) is 11.0. The third-order valence-corrected chi connectivity index (χ3v) is 3.17. The smallest absolute Gasteiger partial charge is 0.155 e. The van der Waals surface area contributed by atoms with Crippen molar-refractivity contribution in [1.82, 2.24) is 9.78 Å². The SMILES string of the molecule is Cn1nc(-c2cccc(Br)c2)c(C=O)c1Cl. The predicted molar refractivity (Wildman–Crippen MR) is 66.7 cm³/mol. The summed E-state index contributed by atoms with van der Waals surface area (Å²) in [5, 5.41) is 4.58. The summed E-state index contributed by atoms with van der Waals surface area (Å²) in [6.07, 6.45) is 0.728. The molecule has 0 unspecified atom stereocenters. The molecule has 2 aromatic rings. The van der Waals surface area contributed by atoms with E-state index in [-0.39, 0.29) is 0 Å². The Bertz CT molecular complexity index is 551. The molecule has 0 aliphatic carbocycles. The molecule has 1 heterocycles. The Balaban J connectivity index is 2.64. The van der Waals surface area contributed by atoms with Crippen LogP contribution in [0.5, 0.6) is 0 Å². The van der Waals surface area contributed by atoms with Crippen LogP contribution in [0.25, 0.3) is 11.3 Å². The van der Waals surface area contributed by atoms with Crippen molar-refractivity contribution in [2.75, 3.05) is 0 Å². The maximum atomic E-state index is 11.0. The second-order valence-corrected chi connectivity index (χ2v) is 4.58. The molecule has 0 bridgehead atoms. The Morgan fingerprint density at radius 2 is 2.25 bits per heavy atom. The number of hydrogen-bond donors (Lipinski definition) is 0. The van der Waals surface area contributed by atoms with Crippen molar-refractivity contribution in [2.45, 2.75) is 0 Å². The van der Waals surface area contributed by atoms with E-state index in [1.54, 1.807) is 7.05 Å². The summed E-state index contributed by atoms with van der Waals surface area (Å²) >= 11 is 9.34. The summed E-state index contributed by atoms with van der Waals surface area (Å²) in [7, 11) is 1.71. The van der Waals surface area contributed by atoms with Crippen molar-refractivity contribution >= 4 is 33.8 Å². The number of carbonyl (C=O) groups is 1. The molecular formula is C11H8BrClN2O. The number of halogens is 2. The minimum atomic E-state index is 0.352. The topological polar surface area (TPSA) is 34.9 Å². The van der Waals surface area contributed by atoms with Crippen LogP contribution in [-0.4, -0.2) is 16.1 Å². The molecule has 0 aliphatic rings. The standard InChI is InChI=1S/C11H8BrClN2O/c1-15-11(13)9(6-16)10(14-15)7-3-2-4-8(12)5-7/h2-6H,1H3. The Hall–Kier alpha value is -1.13. The Kier molecular flexibility index (Phi) is 3.12. The van der Waals surface area contributed by atoms with Gasteiger partial charge in [-0.25, -0.2) is 0 Å². The third-order valence-electron chi connectivity index (χ3n) is 2.23. The second-order valence-electron chi connectivity index (χ2n) is 3.30. The van der Waals surface area contributed by atoms with Crippen molar-refractivity contribution in [3.8, 4) is 11.3 Å². The summed E-state index contributed by atoms with van der Waals surface area (Å²) in [5.41, 5.74) is 1.88. The molecule has 0 N–H and O–H groups in total. The average molecular weight is 300 g/mol. The highest BCUT2D eigenvalue weighted by molar-refractivity contribution is 9.10. The van der Waals surface area contributed by atoms with E-state index >= 15 is 0 Å². The van der Waals surface area contributed by atoms with E-state index in [0.717, 1.165) is 16.3 Å². The number of nitrogens with zero attached hydrogens (tertiary/aromatic N) is 2. The van der Waals surface area contributed by atoms with E-state index in [0.29, 0.717) is 16.4 Å².